The number of anilines is 1. The molecule has 0 bridgehead atoms. The molecule has 0 unspecified atom stereocenters. The van der Waals surface area contributed by atoms with Crippen molar-refractivity contribution in [3.8, 4) is 0 Å². The number of amides is 1. The van der Waals surface area contributed by atoms with Crippen LogP contribution in [0.15, 0.2) is 17.9 Å². The second-order valence-electron chi connectivity index (χ2n) is 4.32. The van der Waals surface area contributed by atoms with E-state index in [-0.39, 0.29) is 5.91 Å². The number of aromatic nitrogens is 3. The van der Waals surface area contributed by atoms with E-state index in [0.29, 0.717) is 23.7 Å². The Morgan fingerprint density at radius 1 is 1.45 bits per heavy atom. The van der Waals surface area contributed by atoms with E-state index in [9.17, 15) is 4.79 Å². The second-order valence-corrected chi connectivity index (χ2v) is 5.21. The first-order valence-electron chi connectivity index (χ1n) is 6.47. The highest BCUT2D eigenvalue weighted by Gasteiger charge is 2.11. The Morgan fingerprint density at radius 3 is 3.00 bits per heavy atom. The van der Waals surface area contributed by atoms with Gasteiger partial charge in [0.2, 0.25) is 0 Å². The zero-order chi connectivity index (χ0) is 14.4. The lowest BCUT2D eigenvalue weighted by Gasteiger charge is -2.07. The monoisotopic (exact) mass is 291 g/mol. The Kier molecular flexibility index (Phi) is 5.00. The molecule has 0 saturated heterocycles. The molecular formula is C13H17N5OS. The summed E-state index contributed by atoms with van der Waals surface area (Å²) >= 11 is 1.40. The van der Waals surface area contributed by atoms with Gasteiger partial charge in [-0.3, -0.25) is 4.79 Å². The van der Waals surface area contributed by atoms with E-state index >= 15 is 0 Å². The van der Waals surface area contributed by atoms with Crippen molar-refractivity contribution in [2.24, 2.45) is 0 Å². The van der Waals surface area contributed by atoms with E-state index in [1.54, 1.807) is 6.20 Å². The molecule has 0 atom stereocenters. The number of carbonyl (C=O) groups excluding carboxylic acids is 1. The third kappa shape index (κ3) is 3.74. The van der Waals surface area contributed by atoms with Crippen molar-refractivity contribution in [2.45, 2.75) is 26.2 Å². The van der Waals surface area contributed by atoms with Crippen LogP contribution >= 0.6 is 11.3 Å². The Bertz CT molecular complexity index is 584. The molecule has 2 aromatic rings. The van der Waals surface area contributed by atoms with Crippen molar-refractivity contribution in [2.75, 3.05) is 12.3 Å². The molecule has 0 aromatic carbocycles. The molecule has 7 heteroatoms. The molecule has 0 fully saturated rings. The van der Waals surface area contributed by atoms with Crippen LogP contribution in [0.5, 0.6) is 0 Å². The summed E-state index contributed by atoms with van der Waals surface area (Å²) in [5, 5.41) is 5.31. The van der Waals surface area contributed by atoms with Gasteiger partial charge in [-0.2, -0.15) is 0 Å². The number of nitrogens with one attached hydrogen (secondary N) is 1. The van der Waals surface area contributed by atoms with Gasteiger partial charge in [-0.25, -0.2) is 15.0 Å². The molecule has 0 aliphatic rings. The Morgan fingerprint density at radius 2 is 2.30 bits per heavy atom. The van der Waals surface area contributed by atoms with E-state index in [1.807, 2.05) is 5.38 Å². The molecule has 1 amide bonds. The maximum Gasteiger partial charge on any atom is 0.254 e. The van der Waals surface area contributed by atoms with Gasteiger partial charge in [-0.05, 0) is 6.42 Å². The highest BCUT2D eigenvalue weighted by atomic mass is 32.1. The number of hydrogen-bond acceptors (Lipinski definition) is 6. The average molecular weight is 291 g/mol. The maximum absolute atomic E-state index is 12.1. The first-order valence-corrected chi connectivity index (χ1v) is 7.35. The molecule has 106 valence electrons. The van der Waals surface area contributed by atoms with Crippen molar-refractivity contribution in [3.05, 3.63) is 34.9 Å². The van der Waals surface area contributed by atoms with Gasteiger partial charge >= 0.3 is 0 Å². The highest BCUT2D eigenvalue weighted by molar-refractivity contribution is 7.13. The molecule has 2 aromatic heterocycles. The summed E-state index contributed by atoms with van der Waals surface area (Å²) in [6.45, 7) is 2.57. The van der Waals surface area contributed by atoms with E-state index in [4.69, 9.17) is 5.73 Å². The smallest absolute Gasteiger partial charge is 0.254 e. The van der Waals surface area contributed by atoms with Crippen molar-refractivity contribution in [1.82, 2.24) is 20.3 Å². The van der Waals surface area contributed by atoms with E-state index in [0.717, 1.165) is 24.2 Å². The summed E-state index contributed by atoms with van der Waals surface area (Å²) < 4.78 is 0. The minimum absolute atomic E-state index is 0.141. The lowest BCUT2D eigenvalue weighted by Crippen LogP contribution is -2.27. The largest absolute Gasteiger partial charge is 0.375 e. The highest BCUT2D eigenvalue weighted by Crippen LogP contribution is 2.11. The number of nitrogen functional groups attached to an aromatic ring is 1. The molecule has 2 rings (SSSR count). The lowest BCUT2D eigenvalue weighted by atomic mass is 10.1. The first-order chi connectivity index (χ1) is 9.70. The molecule has 2 heterocycles. The molecule has 0 spiro atoms. The van der Waals surface area contributed by atoms with Crippen LogP contribution in [0.25, 0.3) is 0 Å². The predicted molar refractivity (Wildman–Crippen MR) is 78.6 cm³/mol. The first kappa shape index (κ1) is 14.4. The van der Waals surface area contributed by atoms with Gasteiger partial charge in [0.05, 0.1) is 17.0 Å². The summed E-state index contributed by atoms with van der Waals surface area (Å²) in [5.74, 6) is -0.141. The summed E-state index contributed by atoms with van der Waals surface area (Å²) in [4.78, 5) is 24.3. The fourth-order valence-electron chi connectivity index (χ4n) is 1.82. The van der Waals surface area contributed by atoms with Gasteiger partial charge in [-0.15, -0.1) is 11.3 Å². The van der Waals surface area contributed by atoms with Crippen LogP contribution in [0.2, 0.25) is 0 Å². The van der Waals surface area contributed by atoms with Gasteiger partial charge in [0, 0.05) is 24.5 Å². The topological polar surface area (TPSA) is 93.8 Å². The van der Waals surface area contributed by atoms with Gasteiger partial charge in [0.25, 0.3) is 5.91 Å². The summed E-state index contributed by atoms with van der Waals surface area (Å²) in [6, 6.07) is 0. The maximum atomic E-state index is 12.1. The van der Waals surface area contributed by atoms with Gasteiger partial charge < -0.3 is 11.1 Å². The Balaban J connectivity index is 1.91. The summed E-state index contributed by atoms with van der Waals surface area (Å²) in [7, 11) is 0. The standard InChI is InChI=1S/C13H17N5OS/c1-2-3-11-10(6-15-8-17-11)12(19)16-5-4-9-7-20-13(14)18-9/h6-8H,2-5H2,1H3,(H2,14,18)(H,16,19). The number of hydrogen-bond donors (Lipinski definition) is 2. The molecule has 3 N–H and O–H groups in total. The summed E-state index contributed by atoms with van der Waals surface area (Å²) in [5.41, 5.74) is 7.79. The van der Waals surface area contributed by atoms with Crippen molar-refractivity contribution < 1.29 is 4.79 Å². The molecule has 0 saturated carbocycles. The van der Waals surface area contributed by atoms with E-state index < -0.39 is 0 Å². The predicted octanol–water partition coefficient (Wildman–Crippen LogP) is 1.44. The number of nitrogens with zero attached hydrogens (tertiary/aromatic N) is 3. The number of carbonyl (C=O) groups is 1. The fraction of sp³-hybridized carbons (Fsp3) is 0.385. The van der Waals surface area contributed by atoms with Crippen LogP contribution < -0.4 is 11.1 Å². The normalized spacial score (nSPS) is 10.4. The number of nitrogens with two attached hydrogens (primary N) is 1. The summed E-state index contributed by atoms with van der Waals surface area (Å²) in [6.07, 6.45) is 5.41. The molecule has 0 radical (unpaired) electrons. The third-order valence-electron chi connectivity index (χ3n) is 2.76. The van der Waals surface area contributed by atoms with Crippen molar-refractivity contribution in [3.63, 3.8) is 0 Å². The van der Waals surface area contributed by atoms with Crippen molar-refractivity contribution in [1.29, 1.82) is 0 Å². The molecule has 20 heavy (non-hydrogen) atoms. The van der Waals surface area contributed by atoms with E-state index in [2.05, 4.69) is 27.2 Å². The number of thiazole rings is 1. The lowest BCUT2D eigenvalue weighted by molar-refractivity contribution is 0.0952. The van der Waals surface area contributed by atoms with Crippen LogP contribution in [0.3, 0.4) is 0 Å². The minimum atomic E-state index is -0.141. The molecule has 0 aliphatic heterocycles. The minimum Gasteiger partial charge on any atom is -0.375 e. The van der Waals surface area contributed by atoms with Gasteiger partial charge in [-0.1, -0.05) is 13.3 Å². The molecule has 0 aliphatic carbocycles. The van der Waals surface area contributed by atoms with Gasteiger partial charge in [0.1, 0.15) is 6.33 Å². The zero-order valence-corrected chi connectivity index (χ0v) is 12.1. The van der Waals surface area contributed by atoms with E-state index in [1.165, 1.54) is 17.7 Å². The van der Waals surface area contributed by atoms with Crippen LogP contribution in [-0.2, 0) is 12.8 Å². The van der Waals surface area contributed by atoms with Gasteiger partial charge in [0.15, 0.2) is 5.13 Å². The quantitative estimate of drug-likeness (QED) is 0.840. The molecule has 6 nitrogen and oxygen atoms in total. The van der Waals surface area contributed by atoms with Crippen LogP contribution in [-0.4, -0.2) is 27.4 Å². The van der Waals surface area contributed by atoms with Crippen LogP contribution in [0.4, 0.5) is 5.13 Å². The van der Waals surface area contributed by atoms with Crippen LogP contribution in [0.1, 0.15) is 35.1 Å². The zero-order valence-electron chi connectivity index (χ0n) is 11.3. The van der Waals surface area contributed by atoms with Crippen molar-refractivity contribution >= 4 is 22.4 Å². The average Bonchev–Trinajstić information content (AvgIpc) is 2.85. The third-order valence-corrected chi connectivity index (χ3v) is 3.49. The fourth-order valence-corrected chi connectivity index (χ4v) is 2.41. The second kappa shape index (κ2) is 6.95. The van der Waals surface area contributed by atoms with Crippen LogP contribution in [0, 0.1) is 0 Å². The Labute approximate surface area is 121 Å². The SMILES string of the molecule is CCCc1ncncc1C(=O)NCCc1csc(N)n1. The Hall–Kier alpha value is -2.02. The number of rotatable bonds is 6. The number of aryl methyl sites for hydroxylation is 1. The molecular weight excluding hydrogens is 274 g/mol.